The number of nitrogens with zero attached hydrogens (tertiary/aromatic N) is 1. The van der Waals surface area contributed by atoms with Crippen LogP contribution >= 0.6 is 0 Å². The molecule has 0 aliphatic carbocycles. The van der Waals surface area contributed by atoms with Gasteiger partial charge >= 0.3 is 0 Å². The van der Waals surface area contributed by atoms with Gasteiger partial charge in [-0.25, -0.2) is 0 Å². The van der Waals surface area contributed by atoms with Crippen molar-refractivity contribution in [2.75, 3.05) is 13.1 Å². The third kappa shape index (κ3) is 3.90. The fourth-order valence-corrected chi connectivity index (χ4v) is 1.05. The molecular weight excluding hydrogens is 164 g/mol. The second-order valence-electron chi connectivity index (χ2n) is 2.80. The zero-order chi connectivity index (χ0) is 10.3. The Morgan fingerprint density at radius 2 is 2.15 bits per heavy atom. The van der Waals surface area contributed by atoms with Crippen LogP contribution in [-0.4, -0.2) is 29.9 Å². The van der Waals surface area contributed by atoms with Gasteiger partial charge in [-0.05, 0) is 13.3 Å². The number of nitrogens with two attached hydrogens (primary N) is 1. The quantitative estimate of drug-likeness (QED) is 0.621. The topological polar surface area (TPSA) is 46.3 Å². The lowest BCUT2D eigenvalue weighted by molar-refractivity contribution is -0.131. The maximum atomic E-state index is 11.6. The fraction of sp³-hybridized carbons (Fsp3) is 0.500. The Bertz CT molecular complexity index is 189. The standard InChI is InChI=1S/C10H18N2O/c1-4-7-9(11)10(13)12(6-3)8-5-2/h4-5,9H,1-2,6-8,11H2,3H3. The van der Waals surface area contributed by atoms with Gasteiger partial charge in [-0.1, -0.05) is 12.2 Å². The molecule has 2 N–H and O–H groups in total. The highest BCUT2D eigenvalue weighted by molar-refractivity contribution is 5.81. The van der Waals surface area contributed by atoms with Crippen molar-refractivity contribution in [3.63, 3.8) is 0 Å². The smallest absolute Gasteiger partial charge is 0.240 e. The predicted molar refractivity (Wildman–Crippen MR) is 55.2 cm³/mol. The second kappa shape index (κ2) is 6.43. The summed E-state index contributed by atoms with van der Waals surface area (Å²) in [4.78, 5) is 13.2. The van der Waals surface area contributed by atoms with E-state index in [-0.39, 0.29) is 5.91 Å². The molecule has 0 aliphatic rings. The summed E-state index contributed by atoms with van der Waals surface area (Å²) in [6.07, 6.45) is 3.87. The lowest BCUT2D eigenvalue weighted by Crippen LogP contribution is -2.43. The van der Waals surface area contributed by atoms with E-state index in [0.717, 1.165) is 0 Å². The first-order valence-corrected chi connectivity index (χ1v) is 4.43. The molecule has 0 aromatic rings. The summed E-state index contributed by atoms with van der Waals surface area (Å²) < 4.78 is 0. The average molecular weight is 182 g/mol. The zero-order valence-corrected chi connectivity index (χ0v) is 8.20. The van der Waals surface area contributed by atoms with Crippen molar-refractivity contribution in [3.8, 4) is 0 Å². The van der Waals surface area contributed by atoms with Crippen molar-refractivity contribution in [1.82, 2.24) is 4.90 Å². The van der Waals surface area contributed by atoms with Crippen LogP contribution in [0.5, 0.6) is 0 Å². The highest BCUT2D eigenvalue weighted by atomic mass is 16.2. The Labute approximate surface area is 79.9 Å². The number of likely N-dealkylation sites (N-methyl/N-ethyl adjacent to an activating group) is 1. The number of rotatable bonds is 6. The van der Waals surface area contributed by atoms with Crippen LogP contribution in [0.3, 0.4) is 0 Å². The van der Waals surface area contributed by atoms with Gasteiger partial charge in [0.2, 0.25) is 5.91 Å². The van der Waals surface area contributed by atoms with Crippen LogP contribution in [0.15, 0.2) is 25.3 Å². The van der Waals surface area contributed by atoms with Gasteiger partial charge in [0.05, 0.1) is 6.04 Å². The molecule has 0 saturated carbocycles. The summed E-state index contributed by atoms with van der Waals surface area (Å²) in [5.41, 5.74) is 5.64. The molecule has 0 fully saturated rings. The first-order chi connectivity index (χ1) is 6.17. The normalized spacial score (nSPS) is 11.8. The number of hydrogen-bond acceptors (Lipinski definition) is 2. The van der Waals surface area contributed by atoms with E-state index in [9.17, 15) is 4.79 Å². The molecule has 0 aliphatic heterocycles. The Morgan fingerprint density at radius 3 is 2.54 bits per heavy atom. The molecular formula is C10H18N2O. The largest absolute Gasteiger partial charge is 0.338 e. The van der Waals surface area contributed by atoms with Crippen LogP contribution in [0.4, 0.5) is 0 Å². The number of carbonyl (C=O) groups is 1. The van der Waals surface area contributed by atoms with E-state index >= 15 is 0 Å². The minimum atomic E-state index is -0.461. The molecule has 1 amide bonds. The summed E-state index contributed by atoms with van der Waals surface area (Å²) in [6, 6.07) is -0.461. The Kier molecular flexibility index (Phi) is 5.89. The van der Waals surface area contributed by atoms with Gasteiger partial charge in [-0.15, -0.1) is 13.2 Å². The summed E-state index contributed by atoms with van der Waals surface area (Å²) in [7, 11) is 0. The Morgan fingerprint density at radius 1 is 1.54 bits per heavy atom. The third-order valence-electron chi connectivity index (χ3n) is 1.78. The highest BCUT2D eigenvalue weighted by Gasteiger charge is 2.16. The van der Waals surface area contributed by atoms with Gasteiger partial charge in [0.15, 0.2) is 0 Å². The van der Waals surface area contributed by atoms with Crippen LogP contribution < -0.4 is 5.73 Å². The van der Waals surface area contributed by atoms with E-state index in [0.29, 0.717) is 19.5 Å². The summed E-state index contributed by atoms with van der Waals surface area (Å²) in [6.45, 7) is 10.3. The molecule has 13 heavy (non-hydrogen) atoms. The fourth-order valence-electron chi connectivity index (χ4n) is 1.05. The van der Waals surface area contributed by atoms with E-state index in [1.54, 1.807) is 17.1 Å². The molecule has 0 radical (unpaired) electrons. The molecule has 3 heteroatoms. The van der Waals surface area contributed by atoms with E-state index in [2.05, 4.69) is 13.2 Å². The van der Waals surface area contributed by atoms with Crippen molar-refractivity contribution in [2.24, 2.45) is 5.73 Å². The van der Waals surface area contributed by atoms with Crippen molar-refractivity contribution in [1.29, 1.82) is 0 Å². The van der Waals surface area contributed by atoms with E-state index in [1.807, 2.05) is 6.92 Å². The minimum Gasteiger partial charge on any atom is -0.338 e. The van der Waals surface area contributed by atoms with Crippen molar-refractivity contribution < 1.29 is 4.79 Å². The summed E-state index contributed by atoms with van der Waals surface area (Å²) in [5.74, 6) is -0.0395. The molecule has 1 atom stereocenters. The number of carbonyl (C=O) groups excluding carboxylic acids is 1. The van der Waals surface area contributed by atoms with Gasteiger partial charge in [-0.2, -0.15) is 0 Å². The maximum Gasteiger partial charge on any atom is 0.240 e. The molecule has 0 heterocycles. The van der Waals surface area contributed by atoms with Gasteiger partial charge in [0.1, 0.15) is 0 Å². The van der Waals surface area contributed by atoms with Crippen LogP contribution in [-0.2, 0) is 4.79 Å². The van der Waals surface area contributed by atoms with Crippen LogP contribution in [0.1, 0.15) is 13.3 Å². The van der Waals surface area contributed by atoms with Crippen LogP contribution in [0, 0.1) is 0 Å². The molecule has 0 bridgehead atoms. The molecule has 0 aromatic heterocycles. The molecule has 1 unspecified atom stereocenters. The SMILES string of the molecule is C=CCC(N)C(=O)N(CC)CC=C. The molecule has 0 rings (SSSR count). The Hall–Kier alpha value is -1.09. The van der Waals surface area contributed by atoms with Crippen molar-refractivity contribution in [2.45, 2.75) is 19.4 Å². The zero-order valence-electron chi connectivity index (χ0n) is 8.20. The lowest BCUT2D eigenvalue weighted by atomic mass is 10.2. The van der Waals surface area contributed by atoms with E-state index in [4.69, 9.17) is 5.73 Å². The van der Waals surface area contributed by atoms with Crippen LogP contribution in [0.2, 0.25) is 0 Å². The molecule has 74 valence electrons. The highest BCUT2D eigenvalue weighted by Crippen LogP contribution is 1.97. The van der Waals surface area contributed by atoms with Gasteiger partial charge in [0, 0.05) is 13.1 Å². The number of hydrogen-bond donors (Lipinski definition) is 1. The molecule has 3 nitrogen and oxygen atoms in total. The van der Waals surface area contributed by atoms with Crippen molar-refractivity contribution >= 4 is 5.91 Å². The molecule has 0 saturated heterocycles. The maximum absolute atomic E-state index is 11.6. The van der Waals surface area contributed by atoms with E-state index in [1.165, 1.54) is 0 Å². The second-order valence-corrected chi connectivity index (χ2v) is 2.80. The van der Waals surface area contributed by atoms with Gasteiger partial charge < -0.3 is 10.6 Å². The summed E-state index contributed by atoms with van der Waals surface area (Å²) in [5, 5.41) is 0. The van der Waals surface area contributed by atoms with E-state index < -0.39 is 6.04 Å². The van der Waals surface area contributed by atoms with Gasteiger partial charge in [-0.3, -0.25) is 4.79 Å². The lowest BCUT2D eigenvalue weighted by Gasteiger charge is -2.22. The minimum absolute atomic E-state index is 0.0395. The van der Waals surface area contributed by atoms with Crippen molar-refractivity contribution in [3.05, 3.63) is 25.3 Å². The number of amides is 1. The third-order valence-corrected chi connectivity index (χ3v) is 1.78. The average Bonchev–Trinajstić information content (AvgIpc) is 2.13. The molecule has 0 spiro atoms. The Balaban J connectivity index is 4.17. The van der Waals surface area contributed by atoms with Gasteiger partial charge in [0.25, 0.3) is 0 Å². The molecule has 0 aromatic carbocycles. The van der Waals surface area contributed by atoms with Crippen LogP contribution in [0.25, 0.3) is 0 Å². The summed E-state index contributed by atoms with van der Waals surface area (Å²) >= 11 is 0. The first kappa shape index (κ1) is 11.9. The first-order valence-electron chi connectivity index (χ1n) is 4.43. The predicted octanol–water partition coefficient (Wildman–Crippen LogP) is 0.924. The monoisotopic (exact) mass is 182 g/mol.